The molecule has 10 heteroatoms. The third-order valence-electron chi connectivity index (χ3n) is 4.63. The van der Waals surface area contributed by atoms with Gasteiger partial charge in [-0.3, -0.25) is 9.69 Å². The minimum absolute atomic E-state index is 0.0130. The molecule has 1 aliphatic heterocycles. The van der Waals surface area contributed by atoms with E-state index in [9.17, 15) is 4.79 Å². The van der Waals surface area contributed by atoms with Crippen molar-refractivity contribution < 1.29 is 19.0 Å². The van der Waals surface area contributed by atoms with Gasteiger partial charge in [-0.2, -0.15) is 0 Å². The van der Waals surface area contributed by atoms with Crippen molar-refractivity contribution in [3.8, 4) is 11.5 Å². The van der Waals surface area contributed by atoms with Gasteiger partial charge in [-0.1, -0.05) is 15.8 Å². The van der Waals surface area contributed by atoms with Gasteiger partial charge in [0.05, 0.1) is 32.6 Å². The number of aryl methyl sites for hydroxylation is 1. The zero-order chi connectivity index (χ0) is 19.7. The van der Waals surface area contributed by atoms with Crippen LogP contribution in [0.15, 0.2) is 12.1 Å². The zero-order valence-electron chi connectivity index (χ0n) is 15.8. The highest BCUT2D eigenvalue weighted by Crippen LogP contribution is 2.40. The van der Waals surface area contributed by atoms with Gasteiger partial charge in [-0.05, 0) is 43.4 Å². The first kappa shape index (κ1) is 19.0. The number of anilines is 1. The second kappa shape index (κ2) is 7.98. The normalized spacial score (nSPS) is 16.5. The Morgan fingerprint density at radius 1 is 1.32 bits per heavy atom. The van der Waals surface area contributed by atoms with Crippen molar-refractivity contribution in [1.29, 1.82) is 0 Å². The molecule has 1 amide bonds. The molecule has 3 heterocycles. The molecule has 3 aromatic rings. The van der Waals surface area contributed by atoms with E-state index in [0.717, 1.165) is 35.7 Å². The number of nitrogens with zero attached hydrogens (tertiary/aromatic N) is 4. The van der Waals surface area contributed by atoms with Gasteiger partial charge in [0.15, 0.2) is 5.13 Å². The number of rotatable bonds is 6. The van der Waals surface area contributed by atoms with E-state index in [0.29, 0.717) is 39.3 Å². The summed E-state index contributed by atoms with van der Waals surface area (Å²) in [6.45, 7) is 2.93. The van der Waals surface area contributed by atoms with Gasteiger partial charge in [0, 0.05) is 6.61 Å². The number of ether oxygens (including phenoxy) is 3. The Kier molecular flexibility index (Phi) is 5.42. The molecule has 1 unspecified atom stereocenters. The number of carbonyl (C=O) groups is 1. The molecule has 1 aliphatic rings. The number of amides is 1. The van der Waals surface area contributed by atoms with Crippen molar-refractivity contribution in [2.45, 2.75) is 25.9 Å². The molecule has 1 saturated heterocycles. The molecule has 4 rings (SSSR count). The van der Waals surface area contributed by atoms with Gasteiger partial charge in [-0.15, -0.1) is 5.10 Å². The van der Waals surface area contributed by atoms with Crippen LogP contribution in [0.25, 0.3) is 10.2 Å². The first-order chi connectivity index (χ1) is 13.6. The van der Waals surface area contributed by atoms with E-state index in [2.05, 4.69) is 9.59 Å². The third kappa shape index (κ3) is 3.43. The highest BCUT2D eigenvalue weighted by atomic mass is 32.1. The summed E-state index contributed by atoms with van der Waals surface area (Å²) in [5.74, 6) is 1.16. The second-order valence-electron chi connectivity index (χ2n) is 6.38. The highest BCUT2D eigenvalue weighted by Gasteiger charge is 2.30. The lowest BCUT2D eigenvalue weighted by Crippen LogP contribution is -2.37. The van der Waals surface area contributed by atoms with Crippen LogP contribution in [0.3, 0.4) is 0 Å². The fraction of sp³-hybridized carbons (Fsp3) is 0.444. The maximum Gasteiger partial charge on any atom is 0.273 e. The summed E-state index contributed by atoms with van der Waals surface area (Å²) in [6.07, 6.45) is 1.90. The van der Waals surface area contributed by atoms with Crippen molar-refractivity contribution >= 4 is 44.1 Å². The molecule has 0 aliphatic carbocycles. The lowest BCUT2D eigenvalue weighted by molar-refractivity contribution is 0.0920. The van der Waals surface area contributed by atoms with Gasteiger partial charge in [0.1, 0.15) is 26.6 Å². The Balaban J connectivity index is 1.79. The summed E-state index contributed by atoms with van der Waals surface area (Å²) < 4.78 is 21.4. The minimum Gasteiger partial charge on any atom is -0.495 e. The molecular weight excluding hydrogens is 400 g/mol. The lowest BCUT2D eigenvalue weighted by atomic mass is 10.2. The Morgan fingerprint density at radius 3 is 2.75 bits per heavy atom. The van der Waals surface area contributed by atoms with Crippen molar-refractivity contribution in [3.05, 3.63) is 22.7 Å². The first-order valence-electron chi connectivity index (χ1n) is 8.86. The quantitative estimate of drug-likeness (QED) is 0.605. The first-order valence-corrected chi connectivity index (χ1v) is 10.4. The average molecular weight is 421 g/mol. The maximum absolute atomic E-state index is 13.3. The third-order valence-corrected chi connectivity index (χ3v) is 6.54. The van der Waals surface area contributed by atoms with E-state index >= 15 is 0 Å². The molecular formula is C18H20N4O4S2. The minimum atomic E-state index is -0.167. The second-order valence-corrected chi connectivity index (χ2v) is 8.11. The fourth-order valence-corrected chi connectivity index (χ4v) is 4.87. The van der Waals surface area contributed by atoms with Crippen molar-refractivity contribution in [2.24, 2.45) is 0 Å². The van der Waals surface area contributed by atoms with Crippen LogP contribution in [0.2, 0.25) is 0 Å². The van der Waals surface area contributed by atoms with Crippen LogP contribution in [-0.4, -0.2) is 54.0 Å². The Bertz CT molecular complexity index is 956. The predicted molar refractivity (Wildman–Crippen MR) is 108 cm³/mol. The molecule has 28 heavy (non-hydrogen) atoms. The number of hydrogen-bond acceptors (Lipinski definition) is 9. The standard InChI is InChI=1S/C18H20N4O4S2/c1-10-15(28-21-20-10)17(23)22(9-11-5-4-8-26-11)18-19-14-12(24-2)6-7-13(25-3)16(14)27-18/h6-7,11H,4-5,8-9H2,1-3H3. The SMILES string of the molecule is COc1ccc(OC)c2sc(N(CC3CCCO3)C(=O)c3snnc3C)nc12. The lowest BCUT2D eigenvalue weighted by Gasteiger charge is -2.22. The summed E-state index contributed by atoms with van der Waals surface area (Å²) >= 11 is 2.49. The van der Waals surface area contributed by atoms with Crippen LogP contribution < -0.4 is 14.4 Å². The molecule has 0 spiro atoms. The van der Waals surface area contributed by atoms with Crippen molar-refractivity contribution in [3.63, 3.8) is 0 Å². The van der Waals surface area contributed by atoms with Gasteiger partial charge in [0.25, 0.3) is 5.91 Å². The van der Waals surface area contributed by atoms with Crippen LogP contribution in [-0.2, 0) is 4.74 Å². The fourth-order valence-electron chi connectivity index (χ4n) is 3.18. The van der Waals surface area contributed by atoms with Gasteiger partial charge >= 0.3 is 0 Å². The smallest absolute Gasteiger partial charge is 0.273 e. The molecule has 0 N–H and O–H groups in total. The predicted octanol–water partition coefficient (Wildman–Crippen LogP) is 3.30. The molecule has 1 aromatic carbocycles. The van der Waals surface area contributed by atoms with Gasteiger partial charge in [0.2, 0.25) is 0 Å². The topological polar surface area (TPSA) is 86.7 Å². The number of benzene rings is 1. The van der Waals surface area contributed by atoms with Crippen molar-refractivity contribution in [1.82, 2.24) is 14.6 Å². The van der Waals surface area contributed by atoms with E-state index < -0.39 is 0 Å². The molecule has 0 bridgehead atoms. The molecule has 0 saturated carbocycles. The van der Waals surface area contributed by atoms with Crippen molar-refractivity contribution in [2.75, 3.05) is 32.3 Å². The summed E-state index contributed by atoms with van der Waals surface area (Å²) in [5.41, 5.74) is 1.29. The van der Waals surface area contributed by atoms with Gasteiger partial charge in [-0.25, -0.2) is 4.98 Å². The number of thiazole rings is 1. The summed E-state index contributed by atoms with van der Waals surface area (Å²) in [7, 11) is 3.21. The summed E-state index contributed by atoms with van der Waals surface area (Å²) in [6, 6.07) is 3.65. The summed E-state index contributed by atoms with van der Waals surface area (Å²) in [4.78, 5) is 20.2. The van der Waals surface area contributed by atoms with E-state index in [4.69, 9.17) is 19.2 Å². The number of aromatic nitrogens is 3. The molecule has 8 nitrogen and oxygen atoms in total. The van der Waals surface area contributed by atoms with Crippen LogP contribution in [0, 0.1) is 6.92 Å². The molecule has 1 fully saturated rings. The largest absolute Gasteiger partial charge is 0.495 e. The van der Waals surface area contributed by atoms with E-state index in [1.165, 1.54) is 11.3 Å². The Morgan fingerprint density at radius 2 is 2.11 bits per heavy atom. The van der Waals surface area contributed by atoms with Crippen LogP contribution >= 0.6 is 22.9 Å². The maximum atomic E-state index is 13.3. The van der Waals surface area contributed by atoms with E-state index in [-0.39, 0.29) is 12.0 Å². The van der Waals surface area contributed by atoms with Crippen LogP contribution in [0.5, 0.6) is 11.5 Å². The van der Waals surface area contributed by atoms with E-state index in [1.807, 2.05) is 12.1 Å². The number of methoxy groups -OCH3 is 2. The monoisotopic (exact) mass is 420 g/mol. The molecule has 1 atom stereocenters. The zero-order valence-corrected chi connectivity index (χ0v) is 17.4. The highest BCUT2D eigenvalue weighted by molar-refractivity contribution is 7.22. The number of carbonyl (C=O) groups excluding carboxylic acids is 1. The average Bonchev–Trinajstić information content (AvgIpc) is 3.45. The summed E-state index contributed by atoms with van der Waals surface area (Å²) in [5, 5.41) is 4.55. The number of hydrogen-bond donors (Lipinski definition) is 0. The van der Waals surface area contributed by atoms with Gasteiger partial charge < -0.3 is 14.2 Å². The van der Waals surface area contributed by atoms with Crippen LogP contribution in [0.1, 0.15) is 28.2 Å². The Hall–Kier alpha value is -2.30. The Labute approximate surface area is 170 Å². The number of fused-ring (bicyclic) bond motifs is 1. The van der Waals surface area contributed by atoms with Crippen LogP contribution in [0.4, 0.5) is 5.13 Å². The molecule has 0 radical (unpaired) electrons. The molecule has 148 valence electrons. The van der Waals surface area contributed by atoms with E-state index in [1.54, 1.807) is 26.0 Å². The molecule has 2 aromatic heterocycles.